The number of furan rings is 2. The van der Waals surface area contributed by atoms with Gasteiger partial charge in [0.25, 0.3) is 0 Å². The van der Waals surface area contributed by atoms with Crippen molar-refractivity contribution in [3.05, 3.63) is 176 Å². The highest BCUT2D eigenvalue weighted by molar-refractivity contribution is 6.27. The van der Waals surface area contributed by atoms with E-state index in [0.717, 1.165) is 99.2 Å². The molecule has 3 nitrogen and oxygen atoms in total. The lowest BCUT2D eigenvalue weighted by Crippen LogP contribution is -1.93. The van der Waals surface area contributed by atoms with E-state index in [2.05, 4.69) is 158 Å². The molecule has 3 aromatic heterocycles. The molecule has 0 amide bonds. The Morgan fingerprint density at radius 2 is 0.942 bits per heavy atom. The fraction of sp³-hybridized carbons (Fsp3) is 0. The van der Waals surface area contributed by atoms with Crippen molar-refractivity contribution in [3.8, 4) is 44.6 Å². The molecule has 11 aromatic rings. The number of rotatable bonds is 4. The average Bonchev–Trinajstić information content (AvgIpc) is 3.78. The zero-order chi connectivity index (χ0) is 34.2. The molecule has 0 N–H and O–H groups in total. The molecule has 0 saturated carbocycles. The number of pyridine rings is 1. The average molecular weight is 664 g/mol. The minimum Gasteiger partial charge on any atom is -0.456 e. The molecule has 0 radical (unpaired) electrons. The maximum absolute atomic E-state index is 6.59. The molecule has 0 aliphatic rings. The topological polar surface area (TPSA) is 39.2 Å². The number of benzene rings is 8. The van der Waals surface area contributed by atoms with Gasteiger partial charge in [-0.05, 0) is 58.7 Å². The monoisotopic (exact) mass is 663 g/mol. The van der Waals surface area contributed by atoms with Crippen LogP contribution in [0.25, 0.3) is 110 Å². The maximum Gasteiger partial charge on any atom is 0.143 e. The van der Waals surface area contributed by atoms with Crippen LogP contribution in [0.1, 0.15) is 0 Å². The number of hydrogen-bond acceptors (Lipinski definition) is 3. The third-order valence-corrected chi connectivity index (χ3v) is 10.4. The van der Waals surface area contributed by atoms with Crippen LogP contribution in [0.3, 0.4) is 0 Å². The lowest BCUT2D eigenvalue weighted by Gasteiger charge is -2.16. The van der Waals surface area contributed by atoms with Gasteiger partial charge in [-0.1, -0.05) is 140 Å². The molecular weight excluding hydrogens is 635 g/mol. The molecule has 8 aromatic carbocycles. The zero-order valence-electron chi connectivity index (χ0n) is 28.0. The summed E-state index contributed by atoms with van der Waals surface area (Å²) in [7, 11) is 0. The summed E-state index contributed by atoms with van der Waals surface area (Å²) in [5.74, 6) is 0. The molecule has 0 saturated heterocycles. The lowest BCUT2D eigenvalue weighted by atomic mass is 9.89. The summed E-state index contributed by atoms with van der Waals surface area (Å²) >= 11 is 0. The Morgan fingerprint density at radius 1 is 0.346 bits per heavy atom. The summed E-state index contributed by atoms with van der Waals surface area (Å²) in [6, 6.07) is 61.9. The maximum atomic E-state index is 6.59. The molecule has 0 spiro atoms. The summed E-state index contributed by atoms with van der Waals surface area (Å²) in [5.41, 5.74) is 13.2. The summed E-state index contributed by atoms with van der Waals surface area (Å²) in [4.78, 5) is 5.37. The molecular formula is C49H29NO2. The molecule has 0 aliphatic heterocycles. The highest BCUT2D eigenvalue weighted by Gasteiger charge is 2.22. The highest BCUT2D eigenvalue weighted by Crippen LogP contribution is 2.46. The van der Waals surface area contributed by atoms with Crippen molar-refractivity contribution < 1.29 is 8.83 Å². The molecule has 0 unspecified atom stereocenters. The Bertz CT molecular complexity index is 3190. The molecule has 52 heavy (non-hydrogen) atoms. The smallest absolute Gasteiger partial charge is 0.143 e. The minimum absolute atomic E-state index is 0.856. The number of hydrogen-bond donors (Lipinski definition) is 0. The van der Waals surface area contributed by atoms with Crippen molar-refractivity contribution >= 4 is 65.6 Å². The van der Waals surface area contributed by atoms with Crippen LogP contribution >= 0.6 is 0 Å². The van der Waals surface area contributed by atoms with Crippen LogP contribution in [0.5, 0.6) is 0 Å². The summed E-state index contributed by atoms with van der Waals surface area (Å²) in [5, 5.41) is 7.86. The quantitative estimate of drug-likeness (QED) is 0.176. The largest absolute Gasteiger partial charge is 0.456 e. The van der Waals surface area contributed by atoms with Crippen LogP contribution in [-0.2, 0) is 0 Å². The second-order valence-electron chi connectivity index (χ2n) is 13.4. The van der Waals surface area contributed by atoms with Gasteiger partial charge in [0.15, 0.2) is 0 Å². The van der Waals surface area contributed by atoms with Crippen LogP contribution in [0, 0.1) is 0 Å². The first-order chi connectivity index (χ1) is 25.8. The third-order valence-electron chi connectivity index (χ3n) is 10.4. The minimum atomic E-state index is 0.856. The fourth-order valence-electron chi connectivity index (χ4n) is 8.12. The van der Waals surface area contributed by atoms with E-state index in [0.29, 0.717) is 0 Å². The van der Waals surface area contributed by atoms with Gasteiger partial charge < -0.3 is 8.83 Å². The van der Waals surface area contributed by atoms with Gasteiger partial charge in [-0.3, -0.25) is 0 Å². The Balaban J connectivity index is 1.14. The van der Waals surface area contributed by atoms with E-state index >= 15 is 0 Å². The first kappa shape index (κ1) is 28.8. The fourth-order valence-corrected chi connectivity index (χ4v) is 8.12. The molecule has 3 heterocycles. The third kappa shape index (κ3) is 4.36. The molecule has 0 atom stereocenters. The van der Waals surface area contributed by atoms with E-state index in [-0.39, 0.29) is 0 Å². The van der Waals surface area contributed by atoms with Crippen molar-refractivity contribution in [3.63, 3.8) is 0 Å². The van der Waals surface area contributed by atoms with Gasteiger partial charge in [0.05, 0.1) is 11.2 Å². The summed E-state index contributed by atoms with van der Waals surface area (Å²) in [6.45, 7) is 0. The van der Waals surface area contributed by atoms with E-state index in [1.54, 1.807) is 0 Å². The molecule has 3 heteroatoms. The second kappa shape index (κ2) is 11.3. The van der Waals surface area contributed by atoms with Gasteiger partial charge in [0.1, 0.15) is 22.3 Å². The molecule has 242 valence electrons. The van der Waals surface area contributed by atoms with Gasteiger partial charge in [-0.15, -0.1) is 0 Å². The lowest BCUT2D eigenvalue weighted by molar-refractivity contribution is 0.669. The van der Waals surface area contributed by atoms with Gasteiger partial charge in [-0.2, -0.15) is 0 Å². The summed E-state index contributed by atoms with van der Waals surface area (Å²) < 4.78 is 13.0. The van der Waals surface area contributed by atoms with Crippen molar-refractivity contribution in [2.75, 3.05) is 0 Å². The van der Waals surface area contributed by atoms with Crippen molar-refractivity contribution in [1.29, 1.82) is 0 Å². The van der Waals surface area contributed by atoms with Crippen LogP contribution < -0.4 is 0 Å². The molecule has 0 aliphatic carbocycles. The standard InChI is InChI=1S/C49H29NO2/c1-2-13-30(14-3-1)45-46-38-20-4-7-24-41(38)50-48(40(46)29-44-47(45)39-21-6-9-26-43(39)51-44)34-18-11-16-32(28-34)31-15-10-17-33(27-31)35-22-12-23-37-36-19-5-8-25-42(36)52-49(35)37/h1-29H. The van der Waals surface area contributed by atoms with Crippen LogP contribution in [0.2, 0.25) is 0 Å². The zero-order valence-corrected chi connectivity index (χ0v) is 28.0. The number of fused-ring (bicyclic) bond motifs is 9. The van der Waals surface area contributed by atoms with Gasteiger partial charge in [0, 0.05) is 54.4 Å². The normalized spacial score (nSPS) is 11.8. The van der Waals surface area contributed by atoms with E-state index in [9.17, 15) is 0 Å². The Hall–Kier alpha value is -6.97. The SMILES string of the molecule is c1ccc(-c2c3c(cc4c(-c5cccc(-c6cccc(-c7cccc8c7oc7ccccc78)c6)c5)nc5ccccc5c24)oc2ccccc23)cc1. The highest BCUT2D eigenvalue weighted by atomic mass is 16.3. The Kier molecular flexibility index (Phi) is 6.25. The van der Waals surface area contributed by atoms with Gasteiger partial charge in [-0.25, -0.2) is 4.98 Å². The van der Waals surface area contributed by atoms with Crippen molar-refractivity contribution in [2.24, 2.45) is 0 Å². The van der Waals surface area contributed by atoms with E-state index in [1.165, 1.54) is 10.9 Å². The van der Waals surface area contributed by atoms with Crippen molar-refractivity contribution in [1.82, 2.24) is 4.98 Å². The Morgan fingerprint density at radius 3 is 1.77 bits per heavy atom. The first-order valence-corrected chi connectivity index (χ1v) is 17.6. The van der Waals surface area contributed by atoms with E-state index in [1.807, 2.05) is 18.2 Å². The molecule has 11 rings (SSSR count). The first-order valence-electron chi connectivity index (χ1n) is 17.6. The number of nitrogens with zero attached hydrogens (tertiary/aromatic N) is 1. The van der Waals surface area contributed by atoms with E-state index < -0.39 is 0 Å². The summed E-state index contributed by atoms with van der Waals surface area (Å²) in [6.07, 6.45) is 0. The van der Waals surface area contributed by atoms with Crippen LogP contribution in [0.15, 0.2) is 185 Å². The second-order valence-corrected chi connectivity index (χ2v) is 13.4. The molecule has 0 fully saturated rings. The predicted octanol–water partition coefficient (Wildman–Crippen LogP) is 13.9. The predicted molar refractivity (Wildman–Crippen MR) is 216 cm³/mol. The van der Waals surface area contributed by atoms with Crippen LogP contribution in [-0.4, -0.2) is 4.98 Å². The van der Waals surface area contributed by atoms with E-state index in [4.69, 9.17) is 13.8 Å². The Labute approximate surface area is 299 Å². The number of para-hydroxylation sites is 4. The van der Waals surface area contributed by atoms with Crippen LogP contribution in [0.4, 0.5) is 0 Å². The van der Waals surface area contributed by atoms with Crippen molar-refractivity contribution in [2.45, 2.75) is 0 Å². The van der Waals surface area contributed by atoms with Gasteiger partial charge >= 0.3 is 0 Å². The van der Waals surface area contributed by atoms with Gasteiger partial charge in [0.2, 0.25) is 0 Å². The molecule has 0 bridgehead atoms. The number of aromatic nitrogens is 1.